The van der Waals surface area contributed by atoms with Crippen LogP contribution in [-0.4, -0.2) is 24.0 Å². The summed E-state index contributed by atoms with van der Waals surface area (Å²) in [7, 11) is 0. The van der Waals surface area contributed by atoms with Gasteiger partial charge in [-0.2, -0.15) is 0 Å². The zero-order valence-electron chi connectivity index (χ0n) is 10.4. The van der Waals surface area contributed by atoms with Crippen LogP contribution in [0, 0.1) is 0 Å². The number of ketones is 1. The molecule has 0 saturated heterocycles. The molecule has 1 unspecified atom stereocenters. The van der Waals surface area contributed by atoms with Crippen LogP contribution in [0.1, 0.15) is 40.0 Å². The van der Waals surface area contributed by atoms with E-state index in [1.54, 1.807) is 0 Å². The van der Waals surface area contributed by atoms with Crippen LogP contribution >= 0.6 is 0 Å². The highest BCUT2D eigenvalue weighted by atomic mass is 16.7. The Kier molecular flexibility index (Phi) is 6.86. The quantitative estimate of drug-likeness (QED) is 0.294. The lowest BCUT2D eigenvalue weighted by molar-refractivity contribution is -0.186. The molecule has 1 atom stereocenters. The normalized spacial score (nSPS) is 11.5. The summed E-state index contributed by atoms with van der Waals surface area (Å²) in [6.07, 6.45) is -0.189. The second-order valence-corrected chi connectivity index (χ2v) is 3.77. The largest absolute Gasteiger partial charge is 0.425 e. The third-order valence-corrected chi connectivity index (χ3v) is 1.77. The summed E-state index contributed by atoms with van der Waals surface area (Å²) in [6.45, 7) is 8.08. The molecule has 0 aromatic rings. The molecular formula is C12H18O5. The Labute approximate surface area is 101 Å². The molecule has 0 saturated carbocycles. The van der Waals surface area contributed by atoms with Crippen molar-refractivity contribution in [2.45, 2.75) is 46.3 Å². The van der Waals surface area contributed by atoms with E-state index in [0.29, 0.717) is 12.8 Å². The standard InChI is InChI=1S/C12H18O5/c1-5-6-11(17-12(15)8(2)3)16-10(14)7-9(4)13/h11H,2,5-7H2,1,3-4H3. The Bertz CT molecular complexity index is 319. The maximum atomic E-state index is 11.3. The second kappa shape index (κ2) is 7.60. The van der Waals surface area contributed by atoms with Crippen LogP contribution in [0.25, 0.3) is 0 Å². The number of rotatable bonds is 7. The zero-order chi connectivity index (χ0) is 13.4. The number of Topliss-reactive ketones (excluding diaryl/α,β-unsaturated/α-hetero) is 1. The van der Waals surface area contributed by atoms with Crippen LogP contribution in [0.2, 0.25) is 0 Å². The molecule has 96 valence electrons. The van der Waals surface area contributed by atoms with Gasteiger partial charge in [-0.05, 0) is 20.3 Å². The van der Waals surface area contributed by atoms with Gasteiger partial charge < -0.3 is 9.47 Å². The lowest BCUT2D eigenvalue weighted by Gasteiger charge is -2.17. The third-order valence-electron chi connectivity index (χ3n) is 1.77. The first kappa shape index (κ1) is 15.3. The van der Waals surface area contributed by atoms with Crippen molar-refractivity contribution < 1.29 is 23.9 Å². The van der Waals surface area contributed by atoms with Crippen molar-refractivity contribution in [2.24, 2.45) is 0 Å². The van der Waals surface area contributed by atoms with Gasteiger partial charge in [0.25, 0.3) is 0 Å². The molecule has 0 aliphatic rings. The van der Waals surface area contributed by atoms with Crippen LogP contribution in [0.4, 0.5) is 0 Å². The molecule has 0 bridgehead atoms. The summed E-state index contributed by atoms with van der Waals surface area (Å²) in [5, 5.41) is 0. The van der Waals surface area contributed by atoms with E-state index in [1.807, 2.05) is 6.92 Å². The van der Waals surface area contributed by atoms with Gasteiger partial charge in [-0.15, -0.1) is 0 Å². The molecule has 0 spiro atoms. The van der Waals surface area contributed by atoms with Crippen LogP contribution in [-0.2, 0) is 23.9 Å². The van der Waals surface area contributed by atoms with Gasteiger partial charge in [-0.25, -0.2) is 4.79 Å². The van der Waals surface area contributed by atoms with Crippen LogP contribution in [0.3, 0.4) is 0 Å². The SMILES string of the molecule is C=C(C)C(=O)OC(CCC)OC(=O)CC(C)=O. The lowest BCUT2D eigenvalue weighted by atomic mass is 10.3. The molecule has 0 aliphatic carbocycles. The fourth-order valence-corrected chi connectivity index (χ4v) is 0.989. The van der Waals surface area contributed by atoms with Crippen LogP contribution in [0.5, 0.6) is 0 Å². The minimum Gasteiger partial charge on any atom is -0.425 e. The smallest absolute Gasteiger partial charge is 0.336 e. The zero-order valence-corrected chi connectivity index (χ0v) is 10.4. The first-order valence-corrected chi connectivity index (χ1v) is 5.42. The maximum Gasteiger partial charge on any atom is 0.336 e. The number of ether oxygens (including phenoxy) is 2. The fraction of sp³-hybridized carbons (Fsp3) is 0.583. The molecule has 0 aliphatic heterocycles. The van der Waals surface area contributed by atoms with E-state index in [2.05, 4.69) is 6.58 Å². The molecule has 0 heterocycles. The van der Waals surface area contributed by atoms with E-state index in [9.17, 15) is 14.4 Å². The molecule has 0 amide bonds. The van der Waals surface area contributed by atoms with Crippen LogP contribution < -0.4 is 0 Å². The Morgan fingerprint density at radius 3 is 2.18 bits per heavy atom. The van der Waals surface area contributed by atoms with Gasteiger partial charge in [0.05, 0.1) is 0 Å². The topological polar surface area (TPSA) is 69.7 Å². The maximum absolute atomic E-state index is 11.3. The summed E-state index contributed by atoms with van der Waals surface area (Å²) in [4.78, 5) is 33.2. The van der Waals surface area contributed by atoms with Gasteiger partial charge in [0, 0.05) is 12.0 Å². The molecule has 0 rings (SSSR count). The van der Waals surface area contributed by atoms with E-state index in [1.165, 1.54) is 13.8 Å². The highest BCUT2D eigenvalue weighted by Gasteiger charge is 2.19. The molecule has 0 N–H and O–H groups in total. The molecule has 0 radical (unpaired) electrons. The van der Waals surface area contributed by atoms with Gasteiger partial charge in [0.15, 0.2) is 0 Å². The fourth-order valence-electron chi connectivity index (χ4n) is 0.989. The molecule has 5 heteroatoms. The van der Waals surface area contributed by atoms with Crippen molar-refractivity contribution in [1.82, 2.24) is 0 Å². The van der Waals surface area contributed by atoms with E-state index in [-0.39, 0.29) is 17.8 Å². The van der Waals surface area contributed by atoms with Crippen molar-refractivity contribution in [3.63, 3.8) is 0 Å². The molecule has 0 aromatic carbocycles. The molecule has 17 heavy (non-hydrogen) atoms. The van der Waals surface area contributed by atoms with Crippen LogP contribution in [0.15, 0.2) is 12.2 Å². The molecule has 0 fully saturated rings. The first-order valence-electron chi connectivity index (χ1n) is 5.42. The number of carbonyl (C=O) groups is 3. The Morgan fingerprint density at radius 2 is 1.76 bits per heavy atom. The molecule has 0 aromatic heterocycles. The predicted molar refractivity (Wildman–Crippen MR) is 61.0 cm³/mol. The second-order valence-electron chi connectivity index (χ2n) is 3.77. The van der Waals surface area contributed by atoms with Gasteiger partial charge in [-0.3, -0.25) is 9.59 Å². The number of hydrogen-bond acceptors (Lipinski definition) is 5. The number of esters is 2. The van der Waals surface area contributed by atoms with Gasteiger partial charge in [0.2, 0.25) is 6.29 Å². The molecule has 5 nitrogen and oxygen atoms in total. The van der Waals surface area contributed by atoms with Gasteiger partial charge >= 0.3 is 11.9 Å². The molecular weight excluding hydrogens is 224 g/mol. The summed E-state index contributed by atoms with van der Waals surface area (Å²) in [5.74, 6) is -1.60. The van der Waals surface area contributed by atoms with E-state index in [4.69, 9.17) is 9.47 Å². The lowest BCUT2D eigenvalue weighted by Crippen LogP contribution is -2.25. The van der Waals surface area contributed by atoms with Gasteiger partial charge in [0.1, 0.15) is 12.2 Å². The average Bonchev–Trinajstić information content (AvgIpc) is 2.15. The number of hydrogen-bond donors (Lipinski definition) is 0. The Balaban J connectivity index is 4.32. The average molecular weight is 242 g/mol. The van der Waals surface area contributed by atoms with E-state index < -0.39 is 18.2 Å². The minimum atomic E-state index is -0.948. The van der Waals surface area contributed by atoms with Crippen molar-refractivity contribution in [3.05, 3.63) is 12.2 Å². The third kappa shape index (κ3) is 7.27. The van der Waals surface area contributed by atoms with Crippen molar-refractivity contribution in [1.29, 1.82) is 0 Å². The summed E-state index contributed by atoms with van der Waals surface area (Å²) in [6, 6.07) is 0. The summed E-state index contributed by atoms with van der Waals surface area (Å²) < 4.78 is 9.79. The monoisotopic (exact) mass is 242 g/mol. The Morgan fingerprint density at radius 1 is 1.18 bits per heavy atom. The predicted octanol–water partition coefficient (Wildman–Crippen LogP) is 1.75. The van der Waals surface area contributed by atoms with E-state index in [0.717, 1.165) is 0 Å². The minimum absolute atomic E-state index is 0.230. The van der Waals surface area contributed by atoms with Crippen molar-refractivity contribution >= 4 is 17.7 Å². The Hall–Kier alpha value is -1.65. The number of carbonyl (C=O) groups excluding carboxylic acids is 3. The summed E-state index contributed by atoms with van der Waals surface area (Å²) >= 11 is 0. The van der Waals surface area contributed by atoms with Gasteiger partial charge in [-0.1, -0.05) is 13.5 Å². The first-order chi connectivity index (χ1) is 7.86. The summed E-state index contributed by atoms with van der Waals surface area (Å²) in [5.41, 5.74) is 0.230. The van der Waals surface area contributed by atoms with Crippen molar-refractivity contribution in [2.75, 3.05) is 0 Å². The van der Waals surface area contributed by atoms with Crippen molar-refractivity contribution in [3.8, 4) is 0 Å². The highest BCUT2D eigenvalue weighted by Crippen LogP contribution is 2.08. The highest BCUT2D eigenvalue weighted by molar-refractivity contribution is 5.94. The van der Waals surface area contributed by atoms with E-state index >= 15 is 0 Å².